The molecule has 3 nitrogen and oxygen atoms in total. The van der Waals surface area contributed by atoms with E-state index in [0.717, 1.165) is 22.4 Å². The first-order chi connectivity index (χ1) is 9.20. The van der Waals surface area contributed by atoms with E-state index in [4.69, 9.17) is 9.84 Å². The molecule has 0 heterocycles. The van der Waals surface area contributed by atoms with Crippen molar-refractivity contribution in [2.24, 2.45) is 0 Å². The van der Waals surface area contributed by atoms with Gasteiger partial charge in [-0.05, 0) is 17.2 Å². The molecule has 0 atom stereocenters. The number of carboxylic acids is 1. The van der Waals surface area contributed by atoms with Crippen LogP contribution in [0.5, 0.6) is 5.75 Å². The van der Waals surface area contributed by atoms with Gasteiger partial charge in [-0.3, -0.25) is 4.79 Å². The largest absolute Gasteiger partial charge is 0.496 e. The predicted octanol–water partition coefficient (Wildman–Crippen LogP) is 2.91. The number of ether oxygens (including phenoxy) is 1. The average molecular weight is 256 g/mol. The lowest BCUT2D eigenvalue weighted by atomic mass is 9.97. The summed E-state index contributed by atoms with van der Waals surface area (Å²) in [7, 11) is 1.61. The van der Waals surface area contributed by atoms with Crippen molar-refractivity contribution in [1.29, 1.82) is 0 Å². The second-order valence-electron chi connectivity index (χ2n) is 4.33. The van der Waals surface area contributed by atoms with Crippen LogP contribution >= 0.6 is 0 Å². The van der Waals surface area contributed by atoms with Crippen molar-refractivity contribution in [2.75, 3.05) is 7.11 Å². The second kappa shape index (κ2) is 6.05. The van der Waals surface area contributed by atoms with Gasteiger partial charge < -0.3 is 9.84 Å². The minimum atomic E-state index is -0.831. The average Bonchev–Trinajstić information content (AvgIpc) is 2.41. The summed E-state index contributed by atoms with van der Waals surface area (Å²) in [5.74, 6) is -0.0924. The molecule has 0 spiro atoms. The highest BCUT2D eigenvalue weighted by atomic mass is 16.5. The van der Waals surface area contributed by atoms with Gasteiger partial charge in [0.05, 0.1) is 13.5 Å². The molecule has 0 aliphatic rings. The molecule has 19 heavy (non-hydrogen) atoms. The molecule has 0 fully saturated rings. The Labute approximate surface area is 112 Å². The third-order valence-corrected chi connectivity index (χ3v) is 3.02. The van der Waals surface area contributed by atoms with Gasteiger partial charge in [0.15, 0.2) is 0 Å². The Bertz CT molecular complexity index is 561. The summed E-state index contributed by atoms with van der Waals surface area (Å²) in [4.78, 5) is 10.9. The van der Waals surface area contributed by atoms with E-state index in [1.165, 1.54) is 0 Å². The van der Waals surface area contributed by atoms with E-state index in [2.05, 4.69) is 0 Å². The number of methoxy groups -OCH3 is 1. The summed E-state index contributed by atoms with van der Waals surface area (Å²) < 4.78 is 5.35. The van der Waals surface area contributed by atoms with Gasteiger partial charge in [-0.15, -0.1) is 0 Å². The molecule has 0 unspecified atom stereocenters. The van der Waals surface area contributed by atoms with Gasteiger partial charge in [-0.2, -0.15) is 0 Å². The van der Waals surface area contributed by atoms with E-state index < -0.39 is 5.97 Å². The quantitative estimate of drug-likeness (QED) is 0.894. The van der Waals surface area contributed by atoms with Crippen LogP contribution in [0.2, 0.25) is 0 Å². The van der Waals surface area contributed by atoms with Crippen LogP contribution in [0.15, 0.2) is 48.5 Å². The first kappa shape index (κ1) is 13.1. The fourth-order valence-electron chi connectivity index (χ4n) is 2.13. The van der Waals surface area contributed by atoms with Crippen LogP contribution in [0, 0.1) is 0 Å². The molecule has 0 saturated carbocycles. The van der Waals surface area contributed by atoms with Gasteiger partial charge in [0.1, 0.15) is 5.75 Å². The van der Waals surface area contributed by atoms with Crippen LogP contribution in [0.4, 0.5) is 0 Å². The van der Waals surface area contributed by atoms with E-state index >= 15 is 0 Å². The van der Waals surface area contributed by atoms with E-state index in [1.807, 2.05) is 48.5 Å². The minimum Gasteiger partial charge on any atom is -0.496 e. The second-order valence-corrected chi connectivity index (χ2v) is 4.33. The van der Waals surface area contributed by atoms with Crippen LogP contribution in [0.1, 0.15) is 16.7 Å². The van der Waals surface area contributed by atoms with Crippen LogP contribution < -0.4 is 4.74 Å². The zero-order valence-corrected chi connectivity index (χ0v) is 10.8. The fraction of sp³-hybridized carbons (Fsp3) is 0.188. The summed E-state index contributed by atoms with van der Waals surface area (Å²) in [5.41, 5.74) is 2.88. The first-order valence-electron chi connectivity index (χ1n) is 6.11. The molecular formula is C16H16O3. The predicted molar refractivity (Wildman–Crippen MR) is 73.6 cm³/mol. The highest BCUT2D eigenvalue weighted by Gasteiger charge is 2.12. The van der Waals surface area contributed by atoms with E-state index in [9.17, 15) is 4.79 Å². The third-order valence-electron chi connectivity index (χ3n) is 3.02. The molecule has 1 N–H and O–H groups in total. The van der Waals surface area contributed by atoms with Crippen molar-refractivity contribution in [3.63, 3.8) is 0 Å². The number of hydrogen-bond acceptors (Lipinski definition) is 2. The summed E-state index contributed by atoms with van der Waals surface area (Å²) in [6, 6.07) is 15.5. The van der Waals surface area contributed by atoms with E-state index in [0.29, 0.717) is 6.42 Å². The molecule has 2 aromatic carbocycles. The molecule has 2 rings (SSSR count). The smallest absolute Gasteiger partial charge is 0.307 e. The van der Waals surface area contributed by atoms with Gasteiger partial charge in [-0.25, -0.2) is 0 Å². The number of carboxylic acid groups (broad SMARTS) is 1. The Kier molecular flexibility index (Phi) is 4.18. The Balaban J connectivity index is 2.38. The molecule has 0 bridgehead atoms. The topological polar surface area (TPSA) is 46.5 Å². The minimum absolute atomic E-state index is 0.0133. The lowest BCUT2D eigenvalue weighted by Gasteiger charge is -2.13. The third kappa shape index (κ3) is 3.35. The Morgan fingerprint density at radius 3 is 2.47 bits per heavy atom. The molecule has 0 aliphatic heterocycles. The molecule has 3 heteroatoms. The number of carbonyl (C=O) groups is 1. The number of hydrogen-bond donors (Lipinski definition) is 1. The summed E-state index contributed by atoms with van der Waals surface area (Å²) in [6.45, 7) is 0. The van der Waals surface area contributed by atoms with Crippen molar-refractivity contribution >= 4 is 5.97 Å². The monoisotopic (exact) mass is 256 g/mol. The summed E-state index contributed by atoms with van der Waals surface area (Å²) in [5, 5.41) is 8.98. The van der Waals surface area contributed by atoms with Gasteiger partial charge in [-0.1, -0.05) is 42.5 Å². The highest BCUT2D eigenvalue weighted by molar-refractivity contribution is 5.71. The van der Waals surface area contributed by atoms with Crippen molar-refractivity contribution in [3.05, 3.63) is 65.2 Å². The SMILES string of the molecule is COc1cccc(CC(=O)O)c1Cc1ccccc1. The first-order valence-corrected chi connectivity index (χ1v) is 6.11. The van der Waals surface area contributed by atoms with Crippen LogP contribution in [0.3, 0.4) is 0 Å². The molecule has 0 amide bonds. The highest BCUT2D eigenvalue weighted by Crippen LogP contribution is 2.25. The molecule has 0 saturated heterocycles. The zero-order chi connectivity index (χ0) is 13.7. The lowest BCUT2D eigenvalue weighted by Crippen LogP contribution is -2.05. The zero-order valence-electron chi connectivity index (χ0n) is 10.8. The van der Waals surface area contributed by atoms with Crippen molar-refractivity contribution in [3.8, 4) is 5.75 Å². The molecule has 0 radical (unpaired) electrons. The van der Waals surface area contributed by atoms with Crippen LogP contribution in [-0.4, -0.2) is 18.2 Å². The number of aliphatic carboxylic acids is 1. The summed E-state index contributed by atoms with van der Waals surface area (Å²) in [6.07, 6.45) is 0.687. The maximum absolute atomic E-state index is 10.9. The van der Waals surface area contributed by atoms with Crippen molar-refractivity contribution < 1.29 is 14.6 Å². The van der Waals surface area contributed by atoms with Gasteiger partial charge >= 0.3 is 5.97 Å². The lowest BCUT2D eigenvalue weighted by molar-refractivity contribution is -0.136. The van der Waals surface area contributed by atoms with E-state index in [1.54, 1.807) is 7.11 Å². The molecular weight excluding hydrogens is 240 g/mol. The molecule has 0 aromatic heterocycles. The fourth-order valence-corrected chi connectivity index (χ4v) is 2.13. The summed E-state index contributed by atoms with van der Waals surface area (Å²) >= 11 is 0. The van der Waals surface area contributed by atoms with Gasteiger partial charge in [0, 0.05) is 12.0 Å². The molecule has 98 valence electrons. The maximum Gasteiger partial charge on any atom is 0.307 e. The number of benzene rings is 2. The Morgan fingerprint density at radius 2 is 1.84 bits per heavy atom. The maximum atomic E-state index is 10.9. The van der Waals surface area contributed by atoms with Gasteiger partial charge in [0.2, 0.25) is 0 Å². The van der Waals surface area contributed by atoms with Crippen molar-refractivity contribution in [1.82, 2.24) is 0 Å². The standard InChI is InChI=1S/C16H16O3/c1-19-15-9-5-8-13(11-16(17)18)14(15)10-12-6-3-2-4-7-12/h2-9H,10-11H2,1H3,(H,17,18). The normalized spacial score (nSPS) is 10.2. The van der Waals surface area contributed by atoms with E-state index in [-0.39, 0.29) is 6.42 Å². The van der Waals surface area contributed by atoms with Crippen LogP contribution in [0.25, 0.3) is 0 Å². The Morgan fingerprint density at radius 1 is 1.11 bits per heavy atom. The Hall–Kier alpha value is -2.29. The van der Waals surface area contributed by atoms with Gasteiger partial charge in [0.25, 0.3) is 0 Å². The number of rotatable bonds is 5. The van der Waals surface area contributed by atoms with Crippen LogP contribution in [-0.2, 0) is 17.6 Å². The molecule has 0 aliphatic carbocycles. The van der Waals surface area contributed by atoms with Crippen molar-refractivity contribution in [2.45, 2.75) is 12.8 Å². The molecule has 2 aromatic rings.